The third-order valence-electron chi connectivity index (χ3n) is 5.61. The molecule has 3 heterocycles. The van der Waals surface area contributed by atoms with E-state index in [1.54, 1.807) is 7.11 Å². The van der Waals surface area contributed by atoms with Gasteiger partial charge in [0.1, 0.15) is 11.6 Å². The number of ether oxygens (including phenoxy) is 1. The molecule has 2 saturated heterocycles. The minimum atomic E-state index is 0.862. The molecule has 0 aliphatic carbocycles. The summed E-state index contributed by atoms with van der Waals surface area (Å²) in [5.74, 6) is 1.84. The first-order chi connectivity index (χ1) is 13.2. The van der Waals surface area contributed by atoms with E-state index < -0.39 is 0 Å². The van der Waals surface area contributed by atoms with Crippen molar-refractivity contribution in [3.05, 3.63) is 36.2 Å². The van der Waals surface area contributed by atoms with Crippen molar-refractivity contribution in [3.8, 4) is 17.0 Å². The summed E-state index contributed by atoms with van der Waals surface area (Å²) in [5.41, 5.74) is 3.14. The number of anilines is 1. The lowest BCUT2D eigenvalue weighted by atomic mass is 10.1. The van der Waals surface area contributed by atoms with Crippen molar-refractivity contribution in [2.75, 3.05) is 58.3 Å². The summed E-state index contributed by atoms with van der Waals surface area (Å²) in [4.78, 5) is 16.5. The molecule has 0 N–H and O–H groups in total. The van der Waals surface area contributed by atoms with Gasteiger partial charge in [0, 0.05) is 51.4 Å². The fourth-order valence-electron chi connectivity index (χ4n) is 3.88. The summed E-state index contributed by atoms with van der Waals surface area (Å²) >= 11 is 0. The van der Waals surface area contributed by atoms with E-state index in [9.17, 15) is 0 Å². The number of rotatable bonds is 5. The maximum absolute atomic E-state index is 5.67. The van der Waals surface area contributed by atoms with Gasteiger partial charge in [0.15, 0.2) is 0 Å². The van der Waals surface area contributed by atoms with Crippen molar-refractivity contribution >= 4 is 5.82 Å². The van der Waals surface area contributed by atoms with Crippen LogP contribution in [0.15, 0.2) is 30.6 Å². The van der Waals surface area contributed by atoms with Crippen LogP contribution in [-0.4, -0.2) is 73.2 Å². The van der Waals surface area contributed by atoms with E-state index in [1.807, 2.05) is 12.4 Å². The van der Waals surface area contributed by atoms with Crippen molar-refractivity contribution in [1.29, 1.82) is 0 Å². The Balaban J connectivity index is 1.49. The van der Waals surface area contributed by atoms with E-state index in [4.69, 9.17) is 4.74 Å². The molecule has 0 bridgehead atoms. The first kappa shape index (κ1) is 18.2. The quantitative estimate of drug-likeness (QED) is 0.809. The average Bonchev–Trinajstić information content (AvgIpc) is 3.25. The predicted octanol–water partition coefficient (Wildman–Crippen LogP) is 2.50. The van der Waals surface area contributed by atoms with Gasteiger partial charge in [0.25, 0.3) is 0 Å². The standard InChI is InChI=1S/C21H29N5O/c1-24-9-11-25(12-10-24)16-17-5-6-18(20(13-17)27-2)19-14-23-21(15-22-19)26-7-3-4-8-26/h5-6,13-15H,3-4,7-12,16H2,1-2H3. The number of hydrogen-bond donors (Lipinski definition) is 0. The maximum atomic E-state index is 5.67. The molecule has 6 nitrogen and oxygen atoms in total. The van der Waals surface area contributed by atoms with E-state index >= 15 is 0 Å². The molecule has 1 aromatic heterocycles. The SMILES string of the molecule is COc1cc(CN2CCN(C)CC2)ccc1-c1cnc(N2CCCC2)cn1. The van der Waals surface area contributed by atoms with Crippen molar-refractivity contribution in [3.63, 3.8) is 0 Å². The smallest absolute Gasteiger partial charge is 0.147 e. The zero-order chi connectivity index (χ0) is 18.6. The Hall–Kier alpha value is -2.18. The van der Waals surface area contributed by atoms with Gasteiger partial charge in [0.2, 0.25) is 0 Å². The first-order valence-corrected chi connectivity index (χ1v) is 9.88. The molecule has 0 unspecified atom stereocenters. The van der Waals surface area contributed by atoms with Crippen molar-refractivity contribution in [1.82, 2.24) is 19.8 Å². The van der Waals surface area contributed by atoms with Crippen molar-refractivity contribution < 1.29 is 4.74 Å². The van der Waals surface area contributed by atoms with Crippen LogP contribution in [0.25, 0.3) is 11.3 Å². The molecule has 27 heavy (non-hydrogen) atoms. The van der Waals surface area contributed by atoms with Gasteiger partial charge in [-0.2, -0.15) is 0 Å². The van der Waals surface area contributed by atoms with Gasteiger partial charge in [-0.15, -0.1) is 0 Å². The Labute approximate surface area is 161 Å². The van der Waals surface area contributed by atoms with Gasteiger partial charge in [-0.3, -0.25) is 9.88 Å². The highest BCUT2D eigenvalue weighted by molar-refractivity contribution is 5.67. The molecule has 2 aliphatic rings. The molecule has 2 aliphatic heterocycles. The largest absolute Gasteiger partial charge is 0.496 e. The minimum Gasteiger partial charge on any atom is -0.496 e. The third-order valence-corrected chi connectivity index (χ3v) is 5.61. The maximum Gasteiger partial charge on any atom is 0.147 e. The number of likely N-dealkylation sites (N-methyl/N-ethyl adjacent to an activating group) is 1. The molecule has 1 aromatic carbocycles. The van der Waals surface area contributed by atoms with Gasteiger partial charge in [-0.05, 0) is 37.6 Å². The summed E-state index contributed by atoms with van der Waals surface area (Å²) in [5, 5.41) is 0. The summed E-state index contributed by atoms with van der Waals surface area (Å²) in [7, 11) is 3.91. The molecular weight excluding hydrogens is 338 g/mol. The highest BCUT2D eigenvalue weighted by atomic mass is 16.5. The Morgan fingerprint density at radius 2 is 1.74 bits per heavy atom. The zero-order valence-corrected chi connectivity index (χ0v) is 16.4. The average molecular weight is 367 g/mol. The molecule has 144 valence electrons. The van der Waals surface area contributed by atoms with Crippen LogP contribution in [0.2, 0.25) is 0 Å². The molecule has 0 saturated carbocycles. The minimum absolute atomic E-state index is 0.862. The summed E-state index contributed by atoms with van der Waals surface area (Å²) in [6.07, 6.45) is 6.24. The molecule has 6 heteroatoms. The second-order valence-electron chi connectivity index (χ2n) is 7.57. The third kappa shape index (κ3) is 4.22. The van der Waals surface area contributed by atoms with Crippen molar-refractivity contribution in [2.45, 2.75) is 19.4 Å². The topological polar surface area (TPSA) is 44.7 Å². The fourth-order valence-corrected chi connectivity index (χ4v) is 3.88. The Morgan fingerprint density at radius 1 is 0.963 bits per heavy atom. The van der Waals surface area contributed by atoms with Crippen LogP contribution in [0, 0.1) is 0 Å². The Bertz CT molecular complexity index is 750. The second kappa shape index (κ2) is 8.23. The molecular formula is C21H29N5O. The van der Waals surface area contributed by atoms with Gasteiger partial charge in [0.05, 0.1) is 25.2 Å². The number of aromatic nitrogens is 2. The number of methoxy groups -OCH3 is 1. The van der Waals surface area contributed by atoms with Crippen LogP contribution in [0.3, 0.4) is 0 Å². The fraction of sp³-hybridized carbons (Fsp3) is 0.524. The molecule has 2 aromatic rings. The van der Waals surface area contributed by atoms with Crippen LogP contribution < -0.4 is 9.64 Å². The lowest BCUT2D eigenvalue weighted by Gasteiger charge is -2.32. The number of hydrogen-bond acceptors (Lipinski definition) is 6. The lowest BCUT2D eigenvalue weighted by molar-refractivity contribution is 0.148. The summed E-state index contributed by atoms with van der Waals surface area (Å²) < 4.78 is 5.67. The van der Waals surface area contributed by atoms with Crippen LogP contribution in [0.4, 0.5) is 5.82 Å². The van der Waals surface area contributed by atoms with Gasteiger partial charge < -0.3 is 14.5 Å². The van der Waals surface area contributed by atoms with Crippen LogP contribution in [-0.2, 0) is 6.54 Å². The summed E-state index contributed by atoms with van der Waals surface area (Å²) in [6, 6.07) is 6.44. The van der Waals surface area contributed by atoms with Crippen molar-refractivity contribution in [2.24, 2.45) is 0 Å². The van der Waals surface area contributed by atoms with E-state index in [-0.39, 0.29) is 0 Å². The molecule has 4 rings (SSSR count). The molecule has 0 spiro atoms. The Morgan fingerprint density at radius 3 is 2.41 bits per heavy atom. The molecule has 0 radical (unpaired) electrons. The summed E-state index contributed by atoms with van der Waals surface area (Å²) in [6.45, 7) is 7.62. The van der Waals surface area contributed by atoms with Crippen LogP contribution in [0.5, 0.6) is 5.75 Å². The van der Waals surface area contributed by atoms with Crippen LogP contribution >= 0.6 is 0 Å². The van der Waals surface area contributed by atoms with Crippen LogP contribution in [0.1, 0.15) is 18.4 Å². The molecule has 0 atom stereocenters. The second-order valence-corrected chi connectivity index (χ2v) is 7.57. The Kier molecular flexibility index (Phi) is 5.55. The normalized spacial score (nSPS) is 18.8. The van der Waals surface area contributed by atoms with Gasteiger partial charge in [-0.1, -0.05) is 6.07 Å². The zero-order valence-electron chi connectivity index (χ0n) is 16.4. The first-order valence-electron chi connectivity index (χ1n) is 9.88. The highest BCUT2D eigenvalue weighted by Gasteiger charge is 2.17. The predicted molar refractivity (Wildman–Crippen MR) is 108 cm³/mol. The lowest BCUT2D eigenvalue weighted by Crippen LogP contribution is -2.43. The number of benzene rings is 1. The van der Waals surface area contributed by atoms with Gasteiger partial charge >= 0.3 is 0 Å². The monoisotopic (exact) mass is 367 g/mol. The van der Waals surface area contributed by atoms with E-state index in [2.05, 4.69) is 49.9 Å². The van der Waals surface area contributed by atoms with Gasteiger partial charge in [-0.25, -0.2) is 4.98 Å². The van der Waals surface area contributed by atoms with E-state index in [1.165, 1.54) is 18.4 Å². The van der Waals surface area contributed by atoms with E-state index in [0.29, 0.717) is 0 Å². The highest BCUT2D eigenvalue weighted by Crippen LogP contribution is 2.30. The molecule has 0 amide bonds. The molecule has 2 fully saturated rings. The van der Waals surface area contributed by atoms with E-state index in [0.717, 1.165) is 68.6 Å². The number of nitrogens with zero attached hydrogens (tertiary/aromatic N) is 5. The number of piperazine rings is 1.